The van der Waals surface area contributed by atoms with Crippen LogP contribution in [0.25, 0.3) is 0 Å². The first-order valence-corrected chi connectivity index (χ1v) is 10.6. The van der Waals surface area contributed by atoms with Crippen molar-refractivity contribution in [3.05, 3.63) is 29.8 Å². The van der Waals surface area contributed by atoms with E-state index in [1.54, 1.807) is 0 Å². The molecular weight excluding hydrogens is 427 g/mol. The first kappa shape index (κ1) is 23.9. The van der Waals surface area contributed by atoms with Crippen LogP contribution in [0.2, 0.25) is 0 Å². The summed E-state index contributed by atoms with van der Waals surface area (Å²) in [6.45, 7) is 5.31. The summed E-state index contributed by atoms with van der Waals surface area (Å²) in [5.41, 5.74) is 0.0426. The third kappa shape index (κ3) is 5.15. The molecule has 1 aromatic rings. The average Bonchev–Trinajstić information content (AvgIpc) is 3.55. The van der Waals surface area contributed by atoms with Crippen molar-refractivity contribution < 1.29 is 32.6 Å². The number of fused-ring (bicyclic) bond motifs is 1. The van der Waals surface area contributed by atoms with Gasteiger partial charge < -0.3 is 20.1 Å². The number of halogens is 3. The van der Waals surface area contributed by atoms with Crippen LogP contribution in [0.1, 0.15) is 50.6 Å². The Morgan fingerprint density at radius 3 is 2.34 bits per heavy atom. The van der Waals surface area contributed by atoms with Crippen LogP contribution >= 0.6 is 0 Å². The fourth-order valence-corrected chi connectivity index (χ4v) is 4.14. The quantitative estimate of drug-likeness (QED) is 0.727. The van der Waals surface area contributed by atoms with Crippen molar-refractivity contribution in [3.8, 4) is 11.8 Å². The van der Waals surface area contributed by atoms with Gasteiger partial charge in [-0.1, -0.05) is 25.1 Å². The second kappa shape index (κ2) is 8.98. The van der Waals surface area contributed by atoms with E-state index in [4.69, 9.17) is 14.6 Å². The van der Waals surface area contributed by atoms with Gasteiger partial charge in [0.2, 0.25) is 5.91 Å². The van der Waals surface area contributed by atoms with Crippen molar-refractivity contribution in [1.82, 2.24) is 10.2 Å². The van der Waals surface area contributed by atoms with Crippen LogP contribution in [0.4, 0.5) is 13.2 Å². The van der Waals surface area contributed by atoms with Gasteiger partial charge in [0.1, 0.15) is 16.8 Å². The molecule has 2 fully saturated rings. The third-order valence-corrected chi connectivity index (χ3v) is 6.36. The molecule has 0 bridgehead atoms. The van der Waals surface area contributed by atoms with E-state index < -0.39 is 17.6 Å². The van der Waals surface area contributed by atoms with E-state index in [1.807, 2.05) is 24.3 Å². The van der Waals surface area contributed by atoms with Gasteiger partial charge >= 0.3 is 12.1 Å². The SMILES string of the molecule is CCN1CCC2(CC1)CC(NC(=O)C1(C#N)CC1)c1ccccc1O2.O=C(O)C(F)(F)F. The van der Waals surface area contributed by atoms with E-state index >= 15 is 0 Å². The standard InChI is InChI=1S/C20H25N3O2.C2HF3O2/c1-2-23-11-9-20(10-12-23)13-16(15-5-3-4-6-17(15)25-20)22-18(24)19(14-21)7-8-19;3-2(4,5)1(6)7/h3-6,16H,2,7-13H2,1H3,(H,22,24);(H,6,7). The molecule has 1 saturated heterocycles. The van der Waals surface area contributed by atoms with Crippen LogP contribution in [0, 0.1) is 16.7 Å². The molecule has 10 heteroatoms. The van der Waals surface area contributed by atoms with Crippen LogP contribution in [-0.4, -0.2) is 53.3 Å². The average molecular weight is 453 g/mol. The van der Waals surface area contributed by atoms with Crippen LogP contribution in [0.5, 0.6) is 5.75 Å². The summed E-state index contributed by atoms with van der Waals surface area (Å²) in [6.07, 6.45) is -0.988. The first-order valence-electron chi connectivity index (χ1n) is 10.6. The second-order valence-electron chi connectivity index (χ2n) is 8.48. The Labute approximate surface area is 184 Å². The molecule has 1 atom stereocenters. The van der Waals surface area contributed by atoms with E-state index in [-0.39, 0.29) is 17.6 Å². The van der Waals surface area contributed by atoms with E-state index in [2.05, 4.69) is 23.2 Å². The lowest BCUT2D eigenvalue weighted by Gasteiger charge is -2.47. The minimum absolute atomic E-state index is 0.0727. The van der Waals surface area contributed by atoms with Crippen LogP contribution in [0.15, 0.2) is 24.3 Å². The molecule has 2 N–H and O–H groups in total. The lowest BCUT2D eigenvalue weighted by Crippen LogP contribution is -2.52. The largest absolute Gasteiger partial charge is 0.490 e. The van der Waals surface area contributed by atoms with Gasteiger partial charge in [-0.2, -0.15) is 18.4 Å². The monoisotopic (exact) mass is 453 g/mol. The lowest BCUT2D eigenvalue weighted by molar-refractivity contribution is -0.192. The van der Waals surface area contributed by atoms with Crippen molar-refractivity contribution in [2.24, 2.45) is 5.41 Å². The number of nitriles is 1. The zero-order valence-corrected chi connectivity index (χ0v) is 17.7. The first-order chi connectivity index (χ1) is 15.0. The van der Waals surface area contributed by atoms with Crippen molar-refractivity contribution >= 4 is 11.9 Å². The zero-order valence-electron chi connectivity index (χ0n) is 17.7. The molecule has 2 heterocycles. The number of benzene rings is 1. The number of carboxylic acid groups (broad SMARTS) is 1. The van der Waals surface area contributed by atoms with Crippen molar-refractivity contribution in [2.45, 2.75) is 56.8 Å². The van der Waals surface area contributed by atoms with Crippen LogP contribution in [-0.2, 0) is 9.59 Å². The number of piperidine rings is 1. The number of nitrogens with zero attached hydrogens (tertiary/aromatic N) is 2. The highest BCUT2D eigenvalue weighted by molar-refractivity contribution is 5.88. The number of hydrogen-bond acceptors (Lipinski definition) is 5. The molecule has 1 aliphatic carbocycles. The molecule has 3 aliphatic rings. The van der Waals surface area contributed by atoms with Crippen LogP contribution in [0.3, 0.4) is 0 Å². The summed E-state index contributed by atoms with van der Waals surface area (Å²) in [7, 11) is 0. The Kier molecular flexibility index (Phi) is 6.69. The molecule has 1 amide bonds. The van der Waals surface area contributed by atoms with Crippen molar-refractivity contribution in [3.63, 3.8) is 0 Å². The Bertz CT molecular complexity index is 900. The molecule has 174 valence electrons. The smallest absolute Gasteiger partial charge is 0.487 e. The molecule has 4 rings (SSSR count). The van der Waals surface area contributed by atoms with Gasteiger partial charge in [-0.15, -0.1) is 0 Å². The fraction of sp³-hybridized carbons (Fsp3) is 0.591. The molecule has 1 unspecified atom stereocenters. The maximum absolute atomic E-state index is 12.6. The van der Waals surface area contributed by atoms with Crippen LogP contribution < -0.4 is 10.1 Å². The van der Waals surface area contributed by atoms with Gasteiger partial charge in [-0.3, -0.25) is 4.79 Å². The number of alkyl halides is 3. The number of amides is 1. The fourth-order valence-electron chi connectivity index (χ4n) is 4.14. The highest BCUT2D eigenvalue weighted by Gasteiger charge is 2.52. The van der Waals surface area contributed by atoms with E-state index in [0.717, 1.165) is 50.2 Å². The molecule has 1 aromatic carbocycles. The minimum Gasteiger partial charge on any atom is -0.487 e. The van der Waals surface area contributed by atoms with Gasteiger partial charge in [0.25, 0.3) is 0 Å². The number of ether oxygens (including phenoxy) is 1. The van der Waals surface area contributed by atoms with Gasteiger partial charge in [0.05, 0.1) is 12.1 Å². The van der Waals surface area contributed by atoms with Gasteiger partial charge in [0.15, 0.2) is 0 Å². The summed E-state index contributed by atoms with van der Waals surface area (Å²) in [5.74, 6) is -1.99. The van der Waals surface area contributed by atoms with E-state index in [9.17, 15) is 23.2 Å². The van der Waals surface area contributed by atoms with Crippen molar-refractivity contribution in [2.75, 3.05) is 19.6 Å². The van der Waals surface area contributed by atoms with Crippen molar-refractivity contribution in [1.29, 1.82) is 5.26 Å². The summed E-state index contributed by atoms with van der Waals surface area (Å²) in [4.78, 5) is 24.0. The molecular formula is C22H26F3N3O4. The number of carbonyl (C=O) groups is 2. The maximum atomic E-state index is 12.6. The van der Waals surface area contributed by atoms with E-state index in [1.165, 1.54) is 0 Å². The Morgan fingerprint density at radius 1 is 1.25 bits per heavy atom. The predicted molar refractivity (Wildman–Crippen MR) is 108 cm³/mol. The summed E-state index contributed by atoms with van der Waals surface area (Å²) in [5, 5.41) is 19.6. The molecule has 7 nitrogen and oxygen atoms in total. The highest BCUT2D eigenvalue weighted by atomic mass is 19.4. The molecule has 1 saturated carbocycles. The normalized spacial score (nSPS) is 22.9. The van der Waals surface area contributed by atoms with Gasteiger partial charge in [-0.25, -0.2) is 4.79 Å². The lowest BCUT2D eigenvalue weighted by atomic mass is 9.80. The Balaban J connectivity index is 0.000000360. The number of carbonyl (C=O) groups excluding carboxylic acids is 1. The summed E-state index contributed by atoms with van der Waals surface area (Å²) < 4.78 is 38.2. The Hall–Kier alpha value is -2.80. The molecule has 32 heavy (non-hydrogen) atoms. The number of nitrogens with one attached hydrogen (secondary N) is 1. The highest BCUT2D eigenvalue weighted by Crippen LogP contribution is 2.48. The molecule has 0 aromatic heterocycles. The molecule has 1 spiro atoms. The van der Waals surface area contributed by atoms with E-state index in [0.29, 0.717) is 12.8 Å². The Morgan fingerprint density at radius 2 is 1.84 bits per heavy atom. The number of para-hydroxylation sites is 1. The van der Waals surface area contributed by atoms with Gasteiger partial charge in [0, 0.05) is 25.1 Å². The number of carboxylic acids is 1. The number of likely N-dealkylation sites (tertiary alicyclic amines) is 1. The summed E-state index contributed by atoms with van der Waals surface area (Å²) in [6, 6.07) is 10.1. The second-order valence-corrected chi connectivity index (χ2v) is 8.48. The zero-order chi connectivity index (χ0) is 23.6. The van der Waals surface area contributed by atoms with Gasteiger partial charge in [-0.05, 0) is 38.3 Å². The topological polar surface area (TPSA) is 103 Å². The third-order valence-electron chi connectivity index (χ3n) is 6.36. The number of aliphatic carboxylic acids is 1. The predicted octanol–water partition coefficient (Wildman–Crippen LogP) is 3.42. The molecule has 0 radical (unpaired) electrons. The number of hydrogen-bond donors (Lipinski definition) is 2. The minimum atomic E-state index is -5.08. The maximum Gasteiger partial charge on any atom is 0.490 e. The molecule has 2 aliphatic heterocycles. The number of rotatable bonds is 3. The summed E-state index contributed by atoms with van der Waals surface area (Å²) >= 11 is 0.